The second-order valence-corrected chi connectivity index (χ2v) is 6.58. The minimum absolute atomic E-state index is 0.120. The number of aryl methyl sites for hydroxylation is 2. The largest absolute Gasteiger partial charge is 0.306 e. The third-order valence-electron chi connectivity index (χ3n) is 3.22. The van der Waals surface area contributed by atoms with E-state index < -0.39 is 0 Å². The molecule has 1 heterocycles. The number of aromatic nitrogens is 2. The van der Waals surface area contributed by atoms with Gasteiger partial charge in [0.1, 0.15) is 0 Å². The van der Waals surface area contributed by atoms with E-state index in [4.69, 9.17) is 0 Å². The highest BCUT2D eigenvalue weighted by atomic mass is 15.3. The zero-order valence-electron chi connectivity index (χ0n) is 13.2. The molecule has 0 bridgehead atoms. The van der Waals surface area contributed by atoms with Crippen molar-refractivity contribution in [1.82, 2.24) is 15.1 Å². The second kappa shape index (κ2) is 5.80. The maximum absolute atomic E-state index is 4.45. The van der Waals surface area contributed by atoms with E-state index in [9.17, 15) is 0 Å². The van der Waals surface area contributed by atoms with E-state index in [1.807, 2.05) is 6.20 Å². The molecule has 0 aliphatic rings. The van der Waals surface area contributed by atoms with Crippen molar-refractivity contribution in [3.63, 3.8) is 0 Å². The Balaban J connectivity index is 2.12. The number of nitrogens with one attached hydrogen (secondary N) is 1. The van der Waals surface area contributed by atoms with E-state index in [-0.39, 0.29) is 5.54 Å². The van der Waals surface area contributed by atoms with Crippen molar-refractivity contribution in [3.8, 4) is 0 Å². The molecule has 108 valence electrons. The molecule has 0 saturated heterocycles. The van der Waals surface area contributed by atoms with E-state index in [2.05, 4.69) is 74.0 Å². The van der Waals surface area contributed by atoms with Gasteiger partial charge in [-0.25, -0.2) is 0 Å². The fraction of sp³-hybridized carbons (Fsp3) is 0.471. The third-order valence-corrected chi connectivity index (χ3v) is 3.22. The van der Waals surface area contributed by atoms with Gasteiger partial charge in [0.15, 0.2) is 0 Å². The molecule has 1 aromatic heterocycles. The van der Waals surface area contributed by atoms with Crippen LogP contribution < -0.4 is 5.32 Å². The smallest absolute Gasteiger partial charge is 0.0663 e. The van der Waals surface area contributed by atoms with Crippen LogP contribution in [0.4, 0.5) is 0 Å². The van der Waals surface area contributed by atoms with Crippen molar-refractivity contribution in [2.45, 2.75) is 53.2 Å². The first kappa shape index (κ1) is 14.8. The van der Waals surface area contributed by atoms with Gasteiger partial charge in [-0.15, -0.1) is 0 Å². The van der Waals surface area contributed by atoms with Crippen LogP contribution in [-0.2, 0) is 13.1 Å². The van der Waals surface area contributed by atoms with Crippen molar-refractivity contribution >= 4 is 0 Å². The molecule has 0 radical (unpaired) electrons. The first-order chi connectivity index (χ1) is 9.33. The summed E-state index contributed by atoms with van der Waals surface area (Å²) < 4.78 is 2.08. The molecule has 0 fully saturated rings. The van der Waals surface area contributed by atoms with Crippen LogP contribution in [0.25, 0.3) is 0 Å². The summed E-state index contributed by atoms with van der Waals surface area (Å²) in [6.07, 6.45) is 1.88. The molecule has 2 aromatic rings. The van der Waals surface area contributed by atoms with Crippen LogP contribution in [0.5, 0.6) is 0 Å². The van der Waals surface area contributed by atoms with Crippen molar-refractivity contribution in [2.75, 3.05) is 0 Å². The SMILES string of the molecule is Cc1cc(C)cc(Cn2nccc2CNC(C)(C)C)c1. The van der Waals surface area contributed by atoms with Crippen LogP contribution in [0.1, 0.15) is 43.2 Å². The summed E-state index contributed by atoms with van der Waals surface area (Å²) in [5.74, 6) is 0. The average Bonchev–Trinajstić information content (AvgIpc) is 2.71. The van der Waals surface area contributed by atoms with Gasteiger partial charge in [-0.1, -0.05) is 29.3 Å². The Hall–Kier alpha value is -1.61. The van der Waals surface area contributed by atoms with Crippen LogP contribution in [0.15, 0.2) is 30.5 Å². The predicted octanol–water partition coefficient (Wildman–Crippen LogP) is 3.44. The van der Waals surface area contributed by atoms with Crippen molar-refractivity contribution in [2.24, 2.45) is 0 Å². The number of hydrogen-bond acceptors (Lipinski definition) is 2. The zero-order valence-corrected chi connectivity index (χ0v) is 13.2. The lowest BCUT2D eigenvalue weighted by Gasteiger charge is -2.21. The minimum atomic E-state index is 0.120. The lowest BCUT2D eigenvalue weighted by Crippen LogP contribution is -2.35. The Bertz CT molecular complexity index is 556. The summed E-state index contributed by atoms with van der Waals surface area (Å²) >= 11 is 0. The number of benzene rings is 1. The van der Waals surface area contributed by atoms with Gasteiger partial charge in [0, 0.05) is 18.3 Å². The van der Waals surface area contributed by atoms with Crippen LogP contribution in [0, 0.1) is 13.8 Å². The molecule has 3 nitrogen and oxygen atoms in total. The fourth-order valence-corrected chi connectivity index (χ4v) is 2.34. The van der Waals surface area contributed by atoms with Crippen molar-refractivity contribution < 1.29 is 0 Å². The maximum Gasteiger partial charge on any atom is 0.0663 e. The molecule has 1 N–H and O–H groups in total. The molecule has 20 heavy (non-hydrogen) atoms. The predicted molar refractivity (Wildman–Crippen MR) is 83.8 cm³/mol. The number of rotatable bonds is 4. The van der Waals surface area contributed by atoms with E-state index in [1.54, 1.807) is 0 Å². The van der Waals surface area contributed by atoms with E-state index in [1.165, 1.54) is 22.4 Å². The monoisotopic (exact) mass is 271 g/mol. The lowest BCUT2D eigenvalue weighted by molar-refractivity contribution is 0.414. The Morgan fingerprint density at radius 3 is 2.35 bits per heavy atom. The Labute approximate surface area is 122 Å². The summed E-state index contributed by atoms with van der Waals surface area (Å²) in [7, 11) is 0. The van der Waals surface area contributed by atoms with Crippen molar-refractivity contribution in [3.05, 3.63) is 52.8 Å². The van der Waals surface area contributed by atoms with Gasteiger partial charge in [-0.2, -0.15) is 5.10 Å². The fourth-order valence-electron chi connectivity index (χ4n) is 2.34. The minimum Gasteiger partial charge on any atom is -0.306 e. The molecule has 0 unspecified atom stereocenters. The third kappa shape index (κ3) is 4.20. The van der Waals surface area contributed by atoms with E-state index in [0.717, 1.165) is 13.1 Å². The van der Waals surface area contributed by atoms with E-state index >= 15 is 0 Å². The van der Waals surface area contributed by atoms with Gasteiger partial charge in [-0.05, 0) is 46.2 Å². The summed E-state index contributed by atoms with van der Waals surface area (Å²) in [5, 5.41) is 7.96. The Kier molecular flexibility index (Phi) is 4.29. The van der Waals surface area contributed by atoms with Crippen LogP contribution in [0.2, 0.25) is 0 Å². The van der Waals surface area contributed by atoms with Gasteiger partial charge in [0.2, 0.25) is 0 Å². The highest BCUT2D eigenvalue weighted by molar-refractivity contribution is 5.28. The average molecular weight is 271 g/mol. The molecule has 0 amide bonds. The van der Waals surface area contributed by atoms with Crippen LogP contribution >= 0.6 is 0 Å². The molecular formula is C17H25N3. The van der Waals surface area contributed by atoms with Gasteiger partial charge < -0.3 is 5.32 Å². The summed E-state index contributed by atoms with van der Waals surface area (Å²) in [5.41, 5.74) is 5.26. The molecule has 0 aliphatic carbocycles. The van der Waals surface area contributed by atoms with Gasteiger partial charge >= 0.3 is 0 Å². The molecule has 0 spiro atoms. The second-order valence-electron chi connectivity index (χ2n) is 6.58. The van der Waals surface area contributed by atoms with Gasteiger partial charge in [-0.3, -0.25) is 4.68 Å². The zero-order chi connectivity index (χ0) is 14.8. The summed E-state index contributed by atoms with van der Waals surface area (Å²) in [6, 6.07) is 8.75. The maximum atomic E-state index is 4.45. The standard InChI is InChI=1S/C17H25N3/c1-13-8-14(2)10-15(9-13)12-20-16(6-7-19-20)11-18-17(3,4)5/h6-10,18H,11-12H2,1-5H3. The molecule has 1 aromatic carbocycles. The highest BCUT2D eigenvalue weighted by Gasteiger charge is 2.11. The summed E-state index contributed by atoms with van der Waals surface area (Å²) in [6.45, 7) is 12.5. The molecular weight excluding hydrogens is 246 g/mol. The quantitative estimate of drug-likeness (QED) is 0.923. The highest BCUT2D eigenvalue weighted by Crippen LogP contribution is 2.12. The summed E-state index contributed by atoms with van der Waals surface area (Å²) in [4.78, 5) is 0. The molecule has 3 heteroatoms. The Morgan fingerprint density at radius 2 is 1.75 bits per heavy atom. The molecule has 0 atom stereocenters. The van der Waals surface area contributed by atoms with E-state index in [0.29, 0.717) is 0 Å². The van der Waals surface area contributed by atoms with Gasteiger partial charge in [0.05, 0.1) is 12.2 Å². The molecule has 0 saturated carbocycles. The lowest BCUT2D eigenvalue weighted by atomic mass is 10.1. The van der Waals surface area contributed by atoms with Gasteiger partial charge in [0.25, 0.3) is 0 Å². The topological polar surface area (TPSA) is 29.9 Å². The Morgan fingerprint density at radius 1 is 1.10 bits per heavy atom. The molecule has 0 aliphatic heterocycles. The number of nitrogens with zero attached hydrogens (tertiary/aromatic N) is 2. The van der Waals surface area contributed by atoms with Crippen molar-refractivity contribution in [1.29, 1.82) is 0 Å². The normalized spacial score (nSPS) is 11.8. The molecule has 2 rings (SSSR count). The first-order valence-electron chi connectivity index (χ1n) is 7.16. The first-order valence-corrected chi connectivity index (χ1v) is 7.16. The number of hydrogen-bond donors (Lipinski definition) is 1. The van der Waals surface area contributed by atoms with Crippen LogP contribution in [-0.4, -0.2) is 15.3 Å². The van der Waals surface area contributed by atoms with Crippen LogP contribution in [0.3, 0.4) is 0 Å².